The van der Waals surface area contributed by atoms with Gasteiger partial charge in [-0.1, -0.05) is 0 Å². The molecule has 2 N–H and O–H groups in total. The highest BCUT2D eigenvalue weighted by Gasteiger charge is 2.02. The summed E-state index contributed by atoms with van der Waals surface area (Å²) in [5, 5.41) is 4.17. The molecule has 0 aromatic carbocycles. The number of rotatable bonds is 3. The van der Waals surface area contributed by atoms with E-state index >= 15 is 0 Å². The van der Waals surface area contributed by atoms with Gasteiger partial charge in [0.15, 0.2) is 5.82 Å². The largest absolute Gasteiger partial charge is 0.481 e. The molecule has 6 nitrogen and oxygen atoms in total. The fourth-order valence-electron chi connectivity index (χ4n) is 1.17. The van der Waals surface area contributed by atoms with Gasteiger partial charge in [-0.15, -0.1) is 5.10 Å². The number of nitrogens with two attached hydrogens (primary N) is 1. The van der Waals surface area contributed by atoms with E-state index in [9.17, 15) is 0 Å². The Labute approximate surface area is 86.7 Å². The van der Waals surface area contributed by atoms with Crippen LogP contribution in [0.4, 0.5) is 0 Å². The number of hydrogen-bond acceptors (Lipinski definition) is 5. The van der Waals surface area contributed by atoms with E-state index in [-0.39, 0.29) is 0 Å². The highest BCUT2D eigenvalue weighted by molar-refractivity contribution is 5.33. The van der Waals surface area contributed by atoms with Crippen molar-refractivity contribution in [2.45, 2.75) is 6.54 Å². The summed E-state index contributed by atoms with van der Waals surface area (Å²) >= 11 is 0. The van der Waals surface area contributed by atoms with Gasteiger partial charge in [0.1, 0.15) is 6.33 Å². The van der Waals surface area contributed by atoms with Crippen molar-refractivity contribution in [1.29, 1.82) is 0 Å². The summed E-state index contributed by atoms with van der Waals surface area (Å²) in [6.07, 6.45) is 3.26. The van der Waals surface area contributed by atoms with Crippen LogP contribution in [0.15, 0.2) is 24.7 Å². The summed E-state index contributed by atoms with van der Waals surface area (Å²) in [5.41, 5.74) is 6.26. The van der Waals surface area contributed by atoms with Crippen LogP contribution < -0.4 is 10.5 Å². The maximum Gasteiger partial charge on any atom is 0.215 e. The lowest BCUT2D eigenvalue weighted by molar-refractivity contribution is 0.397. The molecule has 6 heteroatoms. The van der Waals surface area contributed by atoms with E-state index < -0.39 is 0 Å². The number of hydrogen-bond donors (Lipinski definition) is 1. The van der Waals surface area contributed by atoms with Crippen molar-refractivity contribution in [3.8, 4) is 11.6 Å². The normalized spacial score (nSPS) is 10.3. The fraction of sp³-hybridized carbons (Fsp3) is 0.222. The number of nitrogens with zero attached hydrogens (tertiary/aromatic N) is 4. The van der Waals surface area contributed by atoms with E-state index in [1.54, 1.807) is 30.4 Å². The molecule has 0 spiro atoms. The van der Waals surface area contributed by atoms with Gasteiger partial charge in [-0.2, -0.15) is 0 Å². The molecule has 0 amide bonds. The summed E-state index contributed by atoms with van der Waals surface area (Å²) in [4.78, 5) is 8.03. The molecule has 0 aliphatic rings. The zero-order chi connectivity index (χ0) is 10.7. The summed E-state index contributed by atoms with van der Waals surface area (Å²) in [6.45, 7) is 0.329. The van der Waals surface area contributed by atoms with Crippen molar-refractivity contribution in [3.05, 3.63) is 30.5 Å². The van der Waals surface area contributed by atoms with Crippen molar-refractivity contribution < 1.29 is 4.74 Å². The summed E-state index contributed by atoms with van der Waals surface area (Å²) in [7, 11) is 1.57. The Hall–Kier alpha value is -1.95. The standard InChI is InChI=1S/C9H11N5O/c1-15-9-4-7(2-3-11-9)14-6-12-8(5-10)13-14/h2-4,6H,5,10H2,1H3. The zero-order valence-corrected chi connectivity index (χ0v) is 8.29. The van der Waals surface area contributed by atoms with Gasteiger partial charge in [0.25, 0.3) is 0 Å². The van der Waals surface area contributed by atoms with Crippen LogP contribution in [0.25, 0.3) is 5.69 Å². The Kier molecular flexibility index (Phi) is 2.59. The molecule has 0 aliphatic heterocycles. The van der Waals surface area contributed by atoms with E-state index in [0.717, 1.165) is 5.69 Å². The van der Waals surface area contributed by atoms with Gasteiger partial charge in [-0.05, 0) is 6.07 Å². The summed E-state index contributed by atoms with van der Waals surface area (Å²) in [5.74, 6) is 1.14. The van der Waals surface area contributed by atoms with Gasteiger partial charge in [-0.25, -0.2) is 14.6 Å². The Balaban J connectivity index is 2.35. The topological polar surface area (TPSA) is 78.9 Å². The van der Waals surface area contributed by atoms with E-state index in [2.05, 4.69) is 15.1 Å². The Bertz CT molecular complexity index is 453. The van der Waals surface area contributed by atoms with Gasteiger partial charge in [0.05, 0.1) is 19.3 Å². The molecule has 15 heavy (non-hydrogen) atoms. The smallest absolute Gasteiger partial charge is 0.215 e. The van der Waals surface area contributed by atoms with Crippen LogP contribution in [0.1, 0.15) is 5.82 Å². The molecule has 0 atom stereocenters. The van der Waals surface area contributed by atoms with Crippen LogP contribution in [0.5, 0.6) is 5.88 Å². The predicted octanol–water partition coefficient (Wildman–Crippen LogP) is 0.130. The average Bonchev–Trinajstić information content (AvgIpc) is 2.78. The molecule has 78 valence electrons. The maximum atomic E-state index is 5.42. The molecule has 0 aliphatic carbocycles. The van der Waals surface area contributed by atoms with Gasteiger partial charge in [0.2, 0.25) is 5.88 Å². The lowest BCUT2D eigenvalue weighted by Gasteiger charge is -2.02. The lowest BCUT2D eigenvalue weighted by Crippen LogP contribution is -2.01. The first-order valence-electron chi connectivity index (χ1n) is 4.44. The van der Waals surface area contributed by atoms with Crippen LogP contribution >= 0.6 is 0 Å². The van der Waals surface area contributed by atoms with E-state index in [4.69, 9.17) is 10.5 Å². The third kappa shape index (κ3) is 1.94. The third-order valence-electron chi connectivity index (χ3n) is 1.91. The zero-order valence-electron chi connectivity index (χ0n) is 8.29. The number of pyridine rings is 1. The van der Waals surface area contributed by atoms with Crippen molar-refractivity contribution >= 4 is 0 Å². The molecule has 0 saturated carbocycles. The SMILES string of the molecule is COc1cc(-n2cnc(CN)n2)ccn1. The number of ether oxygens (including phenoxy) is 1. The first-order chi connectivity index (χ1) is 7.33. The van der Waals surface area contributed by atoms with Crippen LogP contribution in [0.2, 0.25) is 0 Å². The Morgan fingerprint density at radius 3 is 3.00 bits per heavy atom. The molecule has 2 aromatic heterocycles. The van der Waals surface area contributed by atoms with Crippen LogP contribution in [-0.4, -0.2) is 26.9 Å². The van der Waals surface area contributed by atoms with Crippen molar-refractivity contribution in [2.24, 2.45) is 5.73 Å². The third-order valence-corrected chi connectivity index (χ3v) is 1.91. The van der Waals surface area contributed by atoms with E-state index in [1.165, 1.54) is 0 Å². The molecule has 0 radical (unpaired) electrons. The minimum absolute atomic E-state index is 0.329. The van der Waals surface area contributed by atoms with Crippen LogP contribution in [0, 0.1) is 0 Å². The first kappa shape index (κ1) is 9.60. The van der Waals surface area contributed by atoms with Crippen molar-refractivity contribution in [2.75, 3.05) is 7.11 Å². The molecule has 0 unspecified atom stereocenters. The Morgan fingerprint density at radius 1 is 1.47 bits per heavy atom. The van der Waals surface area contributed by atoms with Gasteiger partial charge in [-0.3, -0.25) is 0 Å². The van der Waals surface area contributed by atoms with E-state index in [1.807, 2.05) is 6.07 Å². The van der Waals surface area contributed by atoms with Crippen LogP contribution in [-0.2, 0) is 6.54 Å². The molecular weight excluding hydrogens is 194 g/mol. The summed E-state index contributed by atoms with van der Waals surface area (Å²) in [6, 6.07) is 3.59. The van der Waals surface area contributed by atoms with Gasteiger partial charge in [0, 0.05) is 12.3 Å². The lowest BCUT2D eigenvalue weighted by atomic mass is 10.4. The second kappa shape index (κ2) is 4.05. The van der Waals surface area contributed by atoms with Crippen LogP contribution in [0.3, 0.4) is 0 Å². The minimum atomic E-state index is 0.329. The molecule has 2 heterocycles. The molecular formula is C9H11N5O. The Morgan fingerprint density at radius 2 is 2.33 bits per heavy atom. The maximum absolute atomic E-state index is 5.42. The first-order valence-corrected chi connectivity index (χ1v) is 4.44. The van der Waals surface area contributed by atoms with Crippen molar-refractivity contribution in [3.63, 3.8) is 0 Å². The van der Waals surface area contributed by atoms with Gasteiger partial charge >= 0.3 is 0 Å². The molecule has 0 bridgehead atoms. The fourth-order valence-corrected chi connectivity index (χ4v) is 1.17. The summed E-state index contributed by atoms with van der Waals surface area (Å²) < 4.78 is 6.64. The molecule has 2 rings (SSSR count). The monoisotopic (exact) mass is 205 g/mol. The average molecular weight is 205 g/mol. The number of methoxy groups -OCH3 is 1. The molecule has 0 saturated heterocycles. The second-order valence-electron chi connectivity index (χ2n) is 2.87. The predicted molar refractivity (Wildman–Crippen MR) is 53.6 cm³/mol. The molecule has 0 fully saturated rings. The number of aromatic nitrogens is 4. The van der Waals surface area contributed by atoms with Gasteiger partial charge < -0.3 is 10.5 Å². The highest BCUT2D eigenvalue weighted by atomic mass is 16.5. The van der Waals surface area contributed by atoms with E-state index in [0.29, 0.717) is 18.2 Å². The highest BCUT2D eigenvalue weighted by Crippen LogP contribution is 2.11. The molecule has 2 aromatic rings. The minimum Gasteiger partial charge on any atom is -0.481 e. The van der Waals surface area contributed by atoms with Crippen molar-refractivity contribution in [1.82, 2.24) is 19.7 Å². The quantitative estimate of drug-likeness (QED) is 0.770. The second-order valence-corrected chi connectivity index (χ2v) is 2.87.